The van der Waals surface area contributed by atoms with Crippen LogP contribution in [0.25, 0.3) is 0 Å². The number of amides is 1. The summed E-state index contributed by atoms with van der Waals surface area (Å²) in [6.07, 6.45) is -3.75. The second-order valence-corrected chi connectivity index (χ2v) is 7.64. The van der Waals surface area contributed by atoms with Crippen molar-refractivity contribution < 1.29 is 30.8 Å². The van der Waals surface area contributed by atoms with Crippen molar-refractivity contribution in [3.63, 3.8) is 0 Å². The lowest BCUT2D eigenvalue weighted by molar-refractivity contribution is -0.137. The van der Waals surface area contributed by atoms with E-state index in [9.17, 15) is 30.8 Å². The van der Waals surface area contributed by atoms with Crippen LogP contribution in [0.1, 0.15) is 12.5 Å². The SMILES string of the molecule is CC(C(=O)Nc1cccc(C(F)(F)F)c1)N(c1cccc(F)c1)S(C)(=O)=O. The summed E-state index contributed by atoms with van der Waals surface area (Å²) in [5.74, 6) is -1.57. The van der Waals surface area contributed by atoms with Crippen LogP contribution in [0, 0.1) is 5.82 Å². The van der Waals surface area contributed by atoms with Crippen LogP contribution in [0.4, 0.5) is 28.9 Å². The molecule has 0 radical (unpaired) electrons. The zero-order valence-electron chi connectivity index (χ0n) is 14.3. The summed E-state index contributed by atoms with van der Waals surface area (Å²) >= 11 is 0. The van der Waals surface area contributed by atoms with Gasteiger partial charge in [0.15, 0.2) is 0 Å². The largest absolute Gasteiger partial charge is 0.416 e. The van der Waals surface area contributed by atoms with Crippen molar-refractivity contribution in [2.45, 2.75) is 19.1 Å². The molecule has 2 aromatic rings. The average Bonchev–Trinajstić information content (AvgIpc) is 2.53. The molecule has 1 N–H and O–H groups in total. The van der Waals surface area contributed by atoms with E-state index < -0.39 is 39.5 Å². The van der Waals surface area contributed by atoms with Crippen LogP contribution in [0.3, 0.4) is 0 Å². The van der Waals surface area contributed by atoms with Crippen LogP contribution >= 0.6 is 0 Å². The summed E-state index contributed by atoms with van der Waals surface area (Å²) in [6.45, 7) is 1.24. The van der Waals surface area contributed by atoms with Crippen LogP contribution in [0.2, 0.25) is 0 Å². The Morgan fingerprint density at radius 1 is 1.11 bits per heavy atom. The molecule has 0 aromatic heterocycles. The number of nitrogens with zero attached hydrogens (tertiary/aromatic N) is 1. The first kappa shape index (κ1) is 20.7. The van der Waals surface area contributed by atoms with Gasteiger partial charge in [-0.15, -0.1) is 0 Å². The highest BCUT2D eigenvalue weighted by Crippen LogP contribution is 2.31. The molecule has 2 rings (SSSR count). The first-order valence-electron chi connectivity index (χ1n) is 7.62. The number of sulfonamides is 1. The summed E-state index contributed by atoms with van der Waals surface area (Å²) in [5, 5.41) is 2.25. The number of carbonyl (C=O) groups is 1. The van der Waals surface area contributed by atoms with Crippen molar-refractivity contribution in [1.29, 1.82) is 0 Å². The molecule has 1 amide bonds. The number of nitrogens with one attached hydrogen (secondary N) is 1. The smallest absolute Gasteiger partial charge is 0.324 e. The third kappa shape index (κ3) is 5.19. The molecule has 5 nitrogen and oxygen atoms in total. The number of benzene rings is 2. The topological polar surface area (TPSA) is 66.5 Å². The number of hydrogen-bond acceptors (Lipinski definition) is 3. The van der Waals surface area contributed by atoms with E-state index in [1.54, 1.807) is 0 Å². The molecule has 27 heavy (non-hydrogen) atoms. The number of rotatable bonds is 5. The number of alkyl halides is 3. The fourth-order valence-electron chi connectivity index (χ4n) is 2.44. The highest BCUT2D eigenvalue weighted by Gasteiger charge is 2.32. The van der Waals surface area contributed by atoms with Crippen molar-refractivity contribution in [3.8, 4) is 0 Å². The van der Waals surface area contributed by atoms with Gasteiger partial charge in [0.05, 0.1) is 17.5 Å². The monoisotopic (exact) mass is 404 g/mol. The molecule has 1 atom stereocenters. The Bertz CT molecular complexity index is 945. The minimum atomic E-state index is -4.59. The van der Waals surface area contributed by atoms with Crippen LogP contribution < -0.4 is 9.62 Å². The van der Waals surface area contributed by atoms with E-state index in [-0.39, 0.29) is 11.4 Å². The first-order chi connectivity index (χ1) is 12.4. The van der Waals surface area contributed by atoms with Crippen LogP contribution in [-0.4, -0.2) is 26.6 Å². The normalized spacial score (nSPS) is 13.1. The van der Waals surface area contributed by atoms with Crippen LogP contribution in [0.15, 0.2) is 48.5 Å². The Kier molecular flexibility index (Phi) is 5.79. The molecule has 146 valence electrons. The van der Waals surface area contributed by atoms with Gasteiger partial charge < -0.3 is 5.32 Å². The number of anilines is 2. The lowest BCUT2D eigenvalue weighted by Gasteiger charge is -2.28. The van der Waals surface area contributed by atoms with Gasteiger partial charge in [0.1, 0.15) is 11.9 Å². The number of halogens is 4. The van der Waals surface area contributed by atoms with Gasteiger partial charge in [-0.1, -0.05) is 12.1 Å². The molecule has 10 heteroatoms. The van der Waals surface area contributed by atoms with Gasteiger partial charge in [0, 0.05) is 5.69 Å². The molecular weight excluding hydrogens is 388 g/mol. The van der Waals surface area contributed by atoms with Gasteiger partial charge in [-0.25, -0.2) is 12.8 Å². The molecular formula is C17H16F4N2O3S. The second-order valence-electron chi connectivity index (χ2n) is 5.78. The minimum Gasteiger partial charge on any atom is -0.324 e. The van der Waals surface area contributed by atoms with E-state index in [2.05, 4.69) is 5.32 Å². The quantitative estimate of drug-likeness (QED) is 0.774. The van der Waals surface area contributed by atoms with E-state index >= 15 is 0 Å². The van der Waals surface area contributed by atoms with Gasteiger partial charge in [-0.05, 0) is 43.3 Å². The van der Waals surface area contributed by atoms with E-state index in [4.69, 9.17) is 0 Å². The molecule has 0 saturated carbocycles. The van der Waals surface area contributed by atoms with E-state index in [0.717, 1.165) is 36.6 Å². The minimum absolute atomic E-state index is 0.0795. The highest BCUT2D eigenvalue weighted by atomic mass is 32.2. The average molecular weight is 404 g/mol. The molecule has 0 heterocycles. The van der Waals surface area contributed by atoms with Crippen molar-refractivity contribution in [3.05, 3.63) is 59.9 Å². The summed E-state index contributed by atoms with van der Waals surface area (Å²) in [7, 11) is -3.98. The molecule has 0 aliphatic rings. The lowest BCUT2D eigenvalue weighted by Crippen LogP contribution is -2.45. The predicted molar refractivity (Wildman–Crippen MR) is 93.3 cm³/mol. The van der Waals surface area contributed by atoms with Gasteiger partial charge in [0.25, 0.3) is 0 Å². The zero-order valence-corrected chi connectivity index (χ0v) is 15.1. The molecule has 2 aromatic carbocycles. The Labute approximate surface area is 153 Å². The third-order valence-corrected chi connectivity index (χ3v) is 4.85. The molecule has 0 aliphatic heterocycles. The third-order valence-electron chi connectivity index (χ3n) is 3.61. The second kappa shape index (κ2) is 7.55. The molecule has 0 aliphatic carbocycles. The van der Waals surface area contributed by atoms with E-state index in [1.165, 1.54) is 25.1 Å². The first-order valence-corrected chi connectivity index (χ1v) is 9.47. The maximum Gasteiger partial charge on any atom is 0.416 e. The Hall–Kier alpha value is -2.62. The van der Waals surface area contributed by atoms with Crippen LogP contribution in [0.5, 0.6) is 0 Å². The molecule has 0 saturated heterocycles. The van der Waals surface area contributed by atoms with Crippen molar-refractivity contribution in [2.24, 2.45) is 0 Å². The Morgan fingerprint density at radius 3 is 2.30 bits per heavy atom. The van der Waals surface area contributed by atoms with Crippen molar-refractivity contribution in [1.82, 2.24) is 0 Å². The lowest BCUT2D eigenvalue weighted by atomic mass is 10.2. The molecule has 0 fully saturated rings. The van der Waals surface area contributed by atoms with Crippen molar-refractivity contribution in [2.75, 3.05) is 15.9 Å². The summed E-state index contributed by atoms with van der Waals surface area (Å²) in [5.41, 5.74) is -1.18. The standard InChI is InChI=1S/C17H16F4N2O3S/c1-11(23(27(2,25)26)15-8-4-6-13(18)10-15)16(24)22-14-7-3-5-12(9-14)17(19,20)21/h3-11H,1-2H3,(H,22,24). The zero-order chi connectivity index (χ0) is 20.4. The number of hydrogen-bond donors (Lipinski definition) is 1. The molecule has 1 unspecified atom stereocenters. The summed E-state index contributed by atoms with van der Waals surface area (Å²) < 4.78 is 76.7. The van der Waals surface area contributed by atoms with Gasteiger partial charge in [-0.2, -0.15) is 13.2 Å². The molecule has 0 bridgehead atoms. The summed E-state index contributed by atoms with van der Waals surface area (Å²) in [6, 6.07) is 7.23. The molecule has 0 spiro atoms. The maximum atomic E-state index is 13.5. The fraction of sp³-hybridized carbons (Fsp3) is 0.235. The highest BCUT2D eigenvalue weighted by molar-refractivity contribution is 7.92. The number of carbonyl (C=O) groups excluding carboxylic acids is 1. The van der Waals surface area contributed by atoms with Gasteiger partial charge in [0.2, 0.25) is 15.9 Å². The van der Waals surface area contributed by atoms with Crippen LogP contribution in [-0.2, 0) is 21.0 Å². The van der Waals surface area contributed by atoms with E-state index in [0.29, 0.717) is 4.31 Å². The van der Waals surface area contributed by atoms with Gasteiger partial charge >= 0.3 is 6.18 Å². The maximum absolute atomic E-state index is 13.5. The Balaban J connectivity index is 2.31. The van der Waals surface area contributed by atoms with Crippen molar-refractivity contribution >= 4 is 27.3 Å². The van der Waals surface area contributed by atoms with Gasteiger partial charge in [-0.3, -0.25) is 9.10 Å². The predicted octanol–water partition coefficient (Wildman–Crippen LogP) is 3.64. The Morgan fingerprint density at radius 2 is 1.74 bits per heavy atom. The fourth-order valence-corrected chi connectivity index (χ4v) is 3.61. The summed E-state index contributed by atoms with van der Waals surface area (Å²) in [4.78, 5) is 12.4. The van der Waals surface area contributed by atoms with E-state index in [1.807, 2.05) is 0 Å².